The molecule has 1 aliphatic rings. The van der Waals surface area contributed by atoms with Gasteiger partial charge in [-0.3, -0.25) is 0 Å². The second kappa shape index (κ2) is 12.6. The monoisotopic (exact) mass is 562 g/mol. The molecule has 3 rings (SSSR count). The van der Waals surface area contributed by atoms with Gasteiger partial charge in [0.2, 0.25) is 10.0 Å². The number of halogens is 1. The quantitative estimate of drug-likeness (QED) is 0.292. The fourth-order valence-corrected chi connectivity index (χ4v) is 5.84. The largest absolute Gasteiger partial charge is 0.357 e. The minimum atomic E-state index is -3.47. The van der Waals surface area contributed by atoms with E-state index in [-0.39, 0.29) is 24.0 Å². The molecule has 0 bridgehead atoms. The molecule has 6 nitrogen and oxygen atoms in total. The van der Waals surface area contributed by atoms with Crippen molar-refractivity contribution < 1.29 is 8.42 Å². The Morgan fingerprint density at radius 3 is 2.57 bits per heavy atom. The summed E-state index contributed by atoms with van der Waals surface area (Å²) in [7, 11) is -3.47. The van der Waals surface area contributed by atoms with E-state index in [0.717, 1.165) is 44.3 Å². The van der Waals surface area contributed by atoms with Crippen LogP contribution in [0, 0.1) is 0 Å². The number of guanidine groups is 1. The third-order valence-corrected chi connectivity index (χ3v) is 7.84. The van der Waals surface area contributed by atoms with Crippen molar-refractivity contribution in [2.24, 2.45) is 4.99 Å². The summed E-state index contributed by atoms with van der Waals surface area (Å²) < 4.78 is 27.9. The van der Waals surface area contributed by atoms with Gasteiger partial charge in [0.05, 0.1) is 11.4 Å². The van der Waals surface area contributed by atoms with Crippen molar-refractivity contribution in [3.8, 4) is 0 Å². The fourth-order valence-electron chi connectivity index (χ4n) is 3.40. The third kappa shape index (κ3) is 6.93. The van der Waals surface area contributed by atoms with Crippen LogP contribution in [0.25, 0.3) is 0 Å². The van der Waals surface area contributed by atoms with Crippen molar-refractivity contribution in [1.82, 2.24) is 14.9 Å². The summed E-state index contributed by atoms with van der Waals surface area (Å²) in [6.45, 7) is 5.07. The number of hydrogen-bond donors (Lipinski definition) is 2. The number of benzene rings is 1. The molecule has 2 heterocycles. The summed E-state index contributed by atoms with van der Waals surface area (Å²) in [6, 6.07) is 11.4. The molecule has 1 fully saturated rings. The van der Waals surface area contributed by atoms with Gasteiger partial charge in [0.25, 0.3) is 0 Å². The van der Waals surface area contributed by atoms with Crippen molar-refractivity contribution in [2.75, 3.05) is 26.2 Å². The average molecular weight is 563 g/mol. The predicted octanol–water partition coefficient (Wildman–Crippen LogP) is 3.84. The van der Waals surface area contributed by atoms with E-state index in [0.29, 0.717) is 30.5 Å². The van der Waals surface area contributed by atoms with Crippen LogP contribution in [-0.2, 0) is 23.0 Å². The number of nitrogens with zero attached hydrogens (tertiary/aromatic N) is 2. The molecular formula is C21H31IN4O2S2. The molecule has 0 aliphatic carbocycles. The first-order valence-electron chi connectivity index (χ1n) is 10.2. The molecule has 0 atom stereocenters. The Bertz CT molecular complexity index is 895. The lowest BCUT2D eigenvalue weighted by Gasteiger charge is -2.26. The highest BCUT2D eigenvalue weighted by Crippen LogP contribution is 2.24. The predicted molar refractivity (Wildman–Crippen MR) is 135 cm³/mol. The van der Waals surface area contributed by atoms with Gasteiger partial charge in [-0.1, -0.05) is 30.7 Å². The van der Waals surface area contributed by atoms with Gasteiger partial charge in [-0.25, -0.2) is 13.4 Å². The molecule has 166 valence electrons. The summed E-state index contributed by atoms with van der Waals surface area (Å²) >= 11 is 1.74. The zero-order chi connectivity index (χ0) is 20.5. The first-order valence-corrected chi connectivity index (χ1v) is 12.6. The Morgan fingerprint density at radius 1 is 1.10 bits per heavy atom. The summed E-state index contributed by atoms with van der Waals surface area (Å²) in [5.41, 5.74) is 0.730. The van der Waals surface area contributed by atoms with Crippen molar-refractivity contribution in [1.29, 1.82) is 0 Å². The lowest BCUT2D eigenvalue weighted by molar-refractivity contribution is 0.346. The molecule has 1 aromatic heterocycles. The molecule has 1 aliphatic heterocycles. The lowest BCUT2D eigenvalue weighted by Crippen LogP contribution is -2.38. The Hall–Kier alpha value is -1.17. The van der Waals surface area contributed by atoms with Gasteiger partial charge in [-0.15, -0.1) is 35.3 Å². The minimum absolute atomic E-state index is 0. The van der Waals surface area contributed by atoms with E-state index in [4.69, 9.17) is 0 Å². The van der Waals surface area contributed by atoms with Gasteiger partial charge in [-0.2, -0.15) is 4.31 Å². The maximum Gasteiger partial charge on any atom is 0.243 e. The van der Waals surface area contributed by atoms with E-state index in [2.05, 4.69) is 33.1 Å². The maximum absolute atomic E-state index is 13.1. The Balaban J connectivity index is 0.00000320. The van der Waals surface area contributed by atoms with E-state index in [1.165, 1.54) is 4.88 Å². The standard InChI is InChI=1S/C21H30N4O2S2.HI/c1-2-22-21(23-13-12-19-10-8-16-28-19)24-17-18-9-4-5-11-20(18)29(26,27)25-14-6-3-7-15-25;/h4-5,8-11,16H,2-3,6-7,12-15,17H2,1H3,(H2,22,23,24);1H. The van der Waals surface area contributed by atoms with Crippen LogP contribution in [0.4, 0.5) is 0 Å². The molecule has 1 aromatic carbocycles. The number of thiophene rings is 1. The van der Waals surface area contributed by atoms with Crippen molar-refractivity contribution in [2.45, 2.75) is 44.0 Å². The van der Waals surface area contributed by atoms with E-state index >= 15 is 0 Å². The van der Waals surface area contributed by atoms with Gasteiger partial charge >= 0.3 is 0 Å². The summed E-state index contributed by atoms with van der Waals surface area (Å²) in [5, 5.41) is 8.65. The van der Waals surface area contributed by atoms with Gasteiger partial charge in [0, 0.05) is 31.1 Å². The average Bonchev–Trinajstić information content (AvgIpc) is 3.26. The molecule has 0 amide bonds. The second-order valence-corrected chi connectivity index (χ2v) is 9.96. The third-order valence-electron chi connectivity index (χ3n) is 4.90. The molecule has 0 radical (unpaired) electrons. The zero-order valence-electron chi connectivity index (χ0n) is 17.3. The first kappa shape index (κ1) is 25.1. The van der Waals surface area contributed by atoms with Crippen molar-refractivity contribution in [3.05, 3.63) is 52.2 Å². The van der Waals surface area contributed by atoms with Crippen LogP contribution in [0.5, 0.6) is 0 Å². The number of hydrogen-bond acceptors (Lipinski definition) is 4. The van der Waals surface area contributed by atoms with Crippen LogP contribution in [0.1, 0.15) is 36.6 Å². The van der Waals surface area contributed by atoms with Crippen LogP contribution in [-0.4, -0.2) is 44.9 Å². The van der Waals surface area contributed by atoms with Crippen molar-refractivity contribution >= 4 is 51.3 Å². The Morgan fingerprint density at radius 2 is 1.87 bits per heavy atom. The first-order chi connectivity index (χ1) is 14.1. The molecule has 0 saturated carbocycles. The highest BCUT2D eigenvalue weighted by atomic mass is 127. The fraction of sp³-hybridized carbons (Fsp3) is 0.476. The molecule has 0 spiro atoms. The van der Waals surface area contributed by atoms with Crippen LogP contribution in [0.3, 0.4) is 0 Å². The minimum Gasteiger partial charge on any atom is -0.357 e. The zero-order valence-corrected chi connectivity index (χ0v) is 21.3. The van der Waals surface area contributed by atoms with Gasteiger partial charge in [0.1, 0.15) is 0 Å². The molecule has 2 N–H and O–H groups in total. The molecule has 9 heteroatoms. The summed E-state index contributed by atoms with van der Waals surface area (Å²) in [5.74, 6) is 0.703. The van der Waals surface area contributed by atoms with Gasteiger partial charge in [-0.05, 0) is 49.3 Å². The summed E-state index contributed by atoms with van der Waals surface area (Å²) in [4.78, 5) is 6.34. The highest BCUT2D eigenvalue weighted by molar-refractivity contribution is 14.0. The SMILES string of the molecule is CCNC(=NCc1ccccc1S(=O)(=O)N1CCCCC1)NCCc1cccs1.I. The Labute approximate surface area is 201 Å². The number of rotatable bonds is 8. The van der Waals surface area contributed by atoms with Crippen LogP contribution in [0.15, 0.2) is 51.7 Å². The molecule has 30 heavy (non-hydrogen) atoms. The smallest absolute Gasteiger partial charge is 0.243 e. The topological polar surface area (TPSA) is 73.8 Å². The van der Waals surface area contributed by atoms with Crippen LogP contribution in [0.2, 0.25) is 0 Å². The number of sulfonamides is 1. The van der Waals surface area contributed by atoms with Gasteiger partial charge in [0.15, 0.2) is 5.96 Å². The maximum atomic E-state index is 13.1. The number of aliphatic imine (C=N–C) groups is 1. The Kier molecular flexibility index (Phi) is 10.6. The van der Waals surface area contributed by atoms with E-state index in [1.54, 1.807) is 27.8 Å². The van der Waals surface area contributed by atoms with Crippen LogP contribution >= 0.6 is 35.3 Å². The number of piperidine rings is 1. The lowest BCUT2D eigenvalue weighted by atomic mass is 10.2. The highest BCUT2D eigenvalue weighted by Gasteiger charge is 2.27. The number of nitrogens with one attached hydrogen (secondary N) is 2. The molecular weight excluding hydrogens is 531 g/mol. The van der Waals surface area contributed by atoms with E-state index < -0.39 is 10.0 Å². The van der Waals surface area contributed by atoms with Crippen molar-refractivity contribution in [3.63, 3.8) is 0 Å². The summed E-state index contributed by atoms with van der Waals surface area (Å²) in [6.07, 6.45) is 3.89. The van der Waals surface area contributed by atoms with E-state index in [9.17, 15) is 8.42 Å². The van der Waals surface area contributed by atoms with E-state index in [1.807, 2.05) is 19.1 Å². The molecule has 2 aromatic rings. The molecule has 1 saturated heterocycles. The normalized spacial score (nSPS) is 15.4. The van der Waals surface area contributed by atoms with Crippen LogP contribution < -0.4 is 10.6 Å². The molecule has 0 unspecified atom stereocenters. The van der Waals surface area contributed by atoms with Gasteiger partial charge < -0.3 is 10.6 Å². The second-order valence-electron chi connectivity index (χ2n) is 7.02.